The van der Waals surface area contributed by atoms with E-state index in [0.29, 0.717) is 11.7 Å². The highest BCUT2D eigenvalue weighted by Crippen LogP contribution is 2.21. The van der Waals surface area contributed by atoms with E-state index in [2.05, 4.69) is 15.2 Å². The summed E-state index contributed by atoms with van der Waals surface area (Å²) in [5.74, 6) is 0.445. The number of esters is 1. The van der Waals surface area contributed by atoms with Crippen LogP contribution in [0.5, 0.6) is 0 Å². The Bertz CT molecular complexity index is 989. The van der Waals surface area contributed by atoms with E-state index < -0.39 is 5.97 Å². The minimum atomic E-state index is -0.521. The molecule has 118 valence electrons. The molecule has 0 aliphatic rings. The number of rotatable bonds is 4. The number of para-hydroxylation sites is 1. The molecule has 0 unspecified atom stereocenters. The fraction of sp³-hybridized carbons (Fsp3) is 0.0556. The Balaban J connectivity index is 1.47. The monoisotopic (exact) mass is 319 g/mol. The molecule has 0 saturated carbocycles. The van der Waals surface area contributed by atoms with Gasteiger partial charge in [-0.25, -0.2) is 9.78 Å². The van der Waals surface area contributed by atoms with Crippen molar-refractivity contribution in [3.63, 3.8) is 0 Å². The Hall–Kier alpha value is -3.41. The summed E-state index contributed by atoms with van der Waals surface area (Å²) in [4.78, 5) is 16.3. The van der Waals surface area contributed by atoms with Crippen LogP contribution in [0.3, 0.4) is 0 Å². The smallest absolute Gasteiger partial charge is 0.359 e. The van der Waals surface area contributed by atoms with Crippen molar-refractivity contribution in [3.8, 4) is 11.3 Å². The Morgan fingerprint density at radius 1 is 1.08 bits per heavy atom. The van der Waals surface area contributed by atoms with E-state index in [0.717, 1.165) is 16.5 Å². The number of nitrogens with zero attached hydrogens (tertiary/aromatic N) is 2. The standard InChI is InChI=1S/C18H13N3O3/c22-18(17-13-8-4-5-9-14(13)20-21-17)23-11-16-19-10-15(24-16)12-6-2-1-3-7-12/h1-10H,11H2,(H,20,21). The van der Waals surface area contributed by atoms with Crippen LogP contribution >= 0.6 is 0 Å². The predicted molar refractivity (Wildman–Crippen MR) is 87.2 cm³/mol. The molecular weight excluding hydrogens is 306 g/mol. The molecule has 0 atom stereocenters. The average Bonchev–Trinajstić information content (AvgIpc) is 3.27. The lowest BCUT2D eigenvalue weighted by Gasteiger charge is -2.00. The molecule has 2 aromatic heterocycles. The number of benzene rings is 2. The lowest BCUT2D eigenvalue weighted by Crippen LogP contribution is -2.06. The number of oxazole rings is 1. The van der Waals surface area contributed by atoms with Crippen LogP contribution in [0.2, 0.25) is 0 Å². The Morgan fingerprint density at radius 2 is 1.88 bits per heavy atom. The van der Waals surface area contributed by atoms with Crippen molar-refractivity contribution in [2.45, 2.75) is 6.61 Å². The average molecular weight is 319 g/mol. The molecule has 0 fully saturated rings. The van der Waals surface area contributed by atoms with Crippen molar-refractivity contribution in [2.24, 2.45) is 0 Å². The third-order valence-electron chi connectivity index (χ3n) is 3.60. The fourth-order valence-electron chi connectivity index (χ4n) is 2.43. The SMILES string of the molecule is O=C(OCc1ncc(-c2ccccc2)o1)c1n[nH]c2ccccc12. The number of H-pyrrole nitrogens is 1. The van der Waals surface area contributed by atoms with E-state index in [1.165, 1.54) is 0 Å². The van der Waals surface area contributed by atoms with Crippen molar-refractivity contribution in [3.05, 3.63) is 72.4 Å². The first kappa shape index (κ1) is 14.2. The zero-order valence-corrected chi connectivity index (χ0v) is 12.6. The van der Waals surface area contributed by atoms with Gasteiger partial charge in [-0.15, -0.1) is 0 Å². The van der Waals surface area contributed by atoms with Gasteiger partial charge in [0.15, 0.2) is 18.1 Å². The molecule has 0 aliphatic heterocycles. The van der Waals surface area contributed by atoms with Gasteiger partial charge in [-0.2, -0.15) is 5.10 Å². The summed E-state index contributed by atoms with van der Waals surface area (Å²) < 4.78 is 10.9. The fourth-order valence-corrected chi connectivity index (χ4v) is 2.43. The zero-order valence-electron chi connectivity index (χ0n) is 12.6. The second-order valence-electron chi connectivity index (χ2n) is 5.18. The van der Waals surface area contributed by atoms with E-state index in [9.17, 15) is 4.79 Å². The topological polar surface area (TPSA) is 81.0 Å². The summed E-state index contributed by atoms with van der Waals surface area (Å²) in [6.07, 6.45) is 1.61. The van der Waals surface area contributed by atoms with Gasteiger partial charge in [-0.05, 0) is 6.07 Å². The lowest BCUT2D eigenvalue weighted by molar-refractivity contribution is 0.0434. The van der Waals surface area contributed by atoms with Crippen LogP contribution in [-0.2, 0) is 11.3 Å². The molecule has 24 heavy (non-hydrogen) atoms. The van der Waals surface area contributed by atoms with Gasteiger partial charge in [0, 0.05) is 10.9 Å². The second kappa shape index (κ2) is 6.00. The lowest BCUT2D eigenvalue weighted by atomic mass is 10.2. The summed E-state index contributed by atoms with van der Waals surface area (Å²) in [6, 6.07) is 17.0. The number of carbonyl (C=O) groups is 1. The van der Waals surface area contributed by atoms with E-state index in [1.807, 2.05) is 54.6 Å². The first-order valence-electron chi connectivity index (χ1n) is 7.41. The third kappa shape index (κ3) is 2.65. The highest BCUT2D eigenvalue weighted by molar-refractivity contribution is 6.01. The van der Waals surface area contributed by atoms with E-state index in [4.69, 9.17) is 9.15 Å². The molecule has 2 aromatic carbocycles. The van der Waals surface area contributed by atoms with Crippen molar-refractivity contribution < 1.29 is 13.9 Å². The van der Waals surface area contributed by atoms with Crippen molar-refractivity contribution >= 4 is 16.9 Å². The van der Waals surface area contributed by atoms with Gasteiger partial charge >= 0.3 is 5.97 Å². The van der Waals surface area contributed by atoms with Crippen LogP contribution in [0, 0.1) is 0 Å². The van der Waals surface area contributed by atoms with Crippen LogP contribution in [0.1, 0.15) is 16.4 Å². The summed E-state index contributed by atoms with van der Waals surface area (Å²) in [5.41, 5.74) is 1.95. The number of fused-ring (bicyclic) bond motifs is 1. The molecule has 6 nitrogen and oxygen atoms in total. The number of aromatic amines is 1. The summed E-state index contributed by atoms with van der Waals surface area (Å²) in [6.45, 7) is -0.0488. The highest BCUT2D eigenvalue weighted by Gasteiger charge is 2.16. The van der Waals surface area contributed by atoms with Gasteiger partial charge < -0.3 is 9.15 Å². The van der Waals surface area contributed by atoms with Gasteiger partial charge in [0.1, 0.15) is 0 Å². The number of hydrogen-bond acceptors (Lipinski definition) is 5. The molecule has 0 amide bonds. The Morgan fingerprint density at radius 3 is 2.75 bits per heavy atom. The maximum atomic E-state index is 12.2. The maximum absolute atomic E-state index is 12.2. The van der Waals surface area contributed by atoms with E-state index >= 15 is 0 Å². The number of aromatic nitrogens is 3. The molecule has 2 heterocycles. The van der Waals surface area contributed by atoms with Crippen LogP contribution in [-0.4, -0.2) is 21.2 Å². The van der Waals surface area contributed by atoms with Crippen LogP contribution in [0.25, 0.3) is 22.2 Å². The molecular formula is C18H13N3O3. The molecule has 0 radical (unpaired) electrons. The number of carbonyl (C=O) groups excluding carboxylic acids is 1. The third-order valence-corrected chi connectivity index (χ3v) is 3.60. The Labute approximate surface area is 137 Å². The van der Waals surface area contributed by atoms with Crippen molar-refractivity contribution in [1.82, 2.24) is 15.2 Å². The first-order valence-corrected chi connectivity index (χ1v) is 7.41. The molecule has 4 aromatic rings. The van der Waals surface area contributed by atoms with E-state index in [1.54, 1.807) is 6.20 Å². The highest BCUT2D eigenvalue weighted by atomic mass is 16.5. The van der Waals surface area contributed by atoms with Gasteiger partial charge in [0.05, 0.1) is 11.7 Å². The zero-order chi connectivity index (χ0) is 16.4. The van der Waals surface area contributed by atoms with Gasteiger partial charge in [0.25, 0.3) is 0 Å². The maximum Gasteiger partial charge on any atom is 0.359 e. The van der Waals surface area contributed by atoms with Crippen molar-refractivity contribution in [1.29, 1.82) is 0 Å². The molecule has 4 rings (SSSR count). The van der Waals surface area contributed by atoms with Crippen LogP contribution < -0.4 is 0 Å². The summed E-state index contributed by atoms with van der Waals surface area (Å²) in [5, 5.41) is 7.53. The molecule has 0 aliphatic carbocycles. The number of nitrogens with one attached hydrogen (secondary N) is 1. The Kier molecular flexibility index (Phi) is 3.55. The largest absolute Gasteiger partial charge is 0.451 e. The van der Waals surface area contributed by atoms with Crippen LogP contribution in [0.4, 0.5) is 0 Å². The predicted octanol–water partition coefficient (Wildman–Crippen LogP) is 3.57. The van der Waals surface area contributed by atoms with Gasteiger partial charge in [-0.1, -0.05) is 48.5 Å². The minimum absolute atomic E-state index is 0.0488. The molecule has 1 N–H and O–H groups in total. The second-order valence-corrected chi connectivity index (χ2v) is 5.18. The molecule has 0 spiro atoms. The quantitative estimate of drug-likeness (QED) is 0.582. The van der Waals surface area contributed by atoms with E-state index in [-0.39, 0.29) is 12.3 Å². The summed E-state index contributed by atoms with van der Waals surface area (Å²) in [7, 11) is 0. The van der Waals surface area contributed by atoms with Crippen LogP contribution in [0.15, 0.2) is 65.2 Å². The van der Waals surface area contributed by atoms with Crippen molar-refractivity contribution in [2.75, 3.05) is 0 Å². The molecule has 0 bridgehead atoms. The van der Waals surface area contributed by atoms with Gasteiger partial charge in [-0.3, -0.25) is 5.10 Å². The number of hydrogen-bond donors (Lipinski definition) is 1. The molecule has 6 heteroatoms. The first-order chi connectivity index (χ1) is 11.8. The minimum Gasteiger partial charge on any atom is -0.451 e. The normalized spacial score (nSPS) is 10.8. The summed E-state index contributed by atoms with van der Waals surface area (Å²) >= 11 is 0. The molecule has 0 saturated heterocycles. The number of ether oxygens (including phenoxy) is 1. The van der Waals surface area contributed by atoms with Gasteiger partial charge in [0.2, 0.25) is 5.89 Å².